The summed E-state index contributed by atoms with van der Waals surface area (Å²) in [5, 5.41) is 1.88. The van der Waals surface area contributed by atoms with E-state index in [2.05, 4.69) is 30.1 Å². The molecule has 0 bridgehead atoms. The SMILES string of the molecule is CN(C)CCOc1cc(/C=C2\SC(=O)NC2=O)nc(N2CCN(c3cccnc3)CC2)n1. The number of amides is 2. The van der Waals surface area contributed by atoms with Crippen LogP contribution in [0.3, 0.4) is 0 Å². The monoisotopic (exact) mass is 455 g/mol. The zero-order valence-electron chi connectivity index (χ0n) is 18.0. The third kappa shape index (κ3) is 5.54. The summed E-state index contributed by atoms with van der Waals surface area (Å²) in [5.41, 5.74) is 1.62. The molecule has 2 aromatic heterocycles. The van der Waals surface area contributed by atoms with Crippen LogP contribution in [0.2, 0.25) is 0 Å². The van der Waals surface area contributed by atoms with Crippen LogP contribution in [-0.4, -0.2) is 84.4 Å². The first-order chi connectivity index (χ1) is 15.5. The van der Waals surface area contributed by atoms with Crippen LogP contribution >= 0.6 is 11.8 Å². The molecule has 2 fully saturated rings. The zero-order valence-corrected chi connectivity index (χ0v) is 18.8. The van der Waals surface area contributed by atoms with Crippen molar-refractivity contribution in [3.63, 3.8) is 0 Å². The van der Waals surface area contributed by atoms with Crippen molar-refractivity contribution in [2.24, 2.45) is 0 Å². The van der Waals surface area contributed by atoms with Crippen LogP contribution in [0.15, 0.2) is 35.5 Å². The quantitative estimate of drug-likeness (QED) is 0.617. The Morgan fingerprint density at radius 1 is 1.19 bits per heavy atom. The Morgan fingerprint density at radius 2 is 1.97 bits per heavy atom. The number of ether oxygens (including phenoxy) is 1. The molecule has 11 heteroatoms. The maximum absolute atomic E-state index is 12.0. The molecule has 2 aromatic rings. The van der Waals surface area contributed by atoms with Crippen LogP contribution in [0, 0.1) is 0 Å². The van der Waals surface area contributed by atoms with Gasteiger partial charge in [-0.25, -0.2) is 4.98 Å². The average Bonchev–Trinajstić information content (AvgIpc) is 3.10. The summed E-state index contributed by atoms with van der Waals surface area (Å²) in [4.78, 5) is 43.6. The fraction of sp³-hybridized carbons (Fsp3) is 0.381. The lowest BCUT2D eigenvalue weighted by molar-refractivity contribution is -0.115. The Kier molecular flexibility index (Phi) is 6.86. The number of imide groups is 1. The maximum atomic E-state index is 12.0. The minimum Gasteiger partial charge on any atom is -0.476 e. The van der Waals surface area contributed by atoms with Crippen LogP contribution in [0.4, 0.5) is 16.4 Å². The van der Waals surface area contributed by atoms with Gasteiger partial charge in [-0.1, -0.05) is 0 Å². The number of nitrogens with one attached hydrogen (secondary N) is 1. The number of carbonyl (C=O) groups excluding carboxylic acids is 2. The number of anilines is 2. The van der Waals surface area contributed by atoms with Gasteiger partial charge >= 0.3 is 0 Å². The number of piperazine rings is 1. The van der Waals surface area contributed by atoms with E-state index in [-0.39, 0.29) is 5.24 Å². The molecule has 168 valence electrons. The van der Waals surface area contributed by atoms with Gasteiger partial charge in [-0.3, -0.25) is 19.9 Å². The van der Waals surface area contributed by atoms with E-state index in [4.69, 9.17) is 4.74 Å². The van der Waals surface area contributed by atoms with Gasteiger partial charge in [-0.2, -0.15) is 4.98 Å². The van der Waals surface area contributed by atoms with E-state index in [1.165, 1.54) is 0 Å². The van der Waals surface area contributed by atoms with Gasteiger partial charge in [0, 0.05) is 45.0 Å². The summed E-state index contributed by atoms with van der Waals surface area (Å²) in [7, 11) is 3.94. The van der Waals surface area contributed by atoms with E-state index < -0.39 is 5.91 Å². The van der Waals surface area contributed by atoms with Crippen molar-refractivity contribution >= 4 is 40.6 Å². The molecule has 2 aliphatic rings. The summed E-state index contributed by atoms with van der Waals surface area (Å²) in [5.74, 6) is 0.563. The average molecular weight is 456 g/mol. The Morgan fingerprint density at radius 3 is 2.62 bits per heavy atom. The molecule has 0 aliphatic carbocycles. The van der Waals surface area contributed by atoms with Crippen molar-refractivity contribution in [1.29, 1.82) is 0 Å². The lowest BCUT2D eigenvalue weighted by Gasteiger charge is -2.36. The van der Waals surface area contributed by atoms with E-state index >= 15 is 0 Å². The number of thioether (sulfide) groups is 1. The van der Waals surface area contributed by atoms with Crippen LogP contribution in [-0.2, 0) is 4.79 Å². The maximum Gasteiger partial charge on any atom is 0.290 e. The molecule has 2 amide bonds. The summed E-state index contributed by atoms with van der Waals surface area (Å²) in [6.07, 6.45) is 5.23. The van der Waals surface area contributed by atoms with Crippen LogP contribution in [0.5, 0.6) is 5.88 Å². The second-order valence-corrected chi connectivity index (χ2v) is 8.64. The van der Waals surface area contributed by atoms with Crippen molar-refractivity contribution in [3.05, 3.63) is 41.2 Å². The highest BCUT2D eigenvalue weighted by Crippen LogP contribution is 2.27. The summed E-state index contributed by atoms with van der Waals surface area (Å²) in [6, 6.07) is 5.67. The number of pyridine rings is 1. The highest BCUT2D eigenvalue weighted by molar-refractivity contribution is 8.18. The molecule has 0 radical (unpaired) electrons. The van der Waals surface area contributed by atoms with Gasteiger partial charge in [0.2, 0.25) is 11.8 Å². The third-order valence-corrected chi connectivity index (χ3v) is 5.80. The molecule has 2 aliphatic heterocycles. The number of hydrogen-bond acceptors (Lipinski definition) is 10. The largest absolute Gasteiger partial charge is 0.476 e. The Bertz CT molecular complexity index is 1010. The minimum absolute atomic E-state index is 0.306. The zero-order chi connectivity index (χ0) is 22.5. The molecule has 4 heterocycles. The van der Waals surface area contributed by atoms with Gasteiger partial charge in [-0.05, 0) is 44.1 Å². The van der Waals surface area contributed by atoms with Crippen molar-refractivity contribution in [2.45, 2.75) is 0 Å². The Balaban J connectivity index is 1.53. The van der Waals surface area contributed by atoms with Gasteiger partial charge in [0.25, 0.3) is 11.1 Å². The van der Waals surface area contributed by atoms with Crippen LogP contribution in [0.25, 0.3) is 6.08 Å². The Labute approximate surface area is 190 Å². The number of aromatic nitrogens is 3. The fourth-order valence-electron chi connectivity index (χ4n) is 3.31. The molecule has 0 atom stereocenters. The fourth-order valence-corrected chi connectivity index (χ4v) is 3.98. The molecule has 32 heavy (non-hydrogen) atoms. The molecule has 0 spiro atoms. The summed E-state index contributed by atoms with van der Waals surface area (Å²) < 4.78 is 5.85. The van der Waals surface area contributed by atoms with E-state index in [0.29, 0.717) is 29.0 Å². The highest BCUT2D eigenvalue weighted by atomic mass is 32.2. The highest BCUT2D eigenvalue weighted by Gasteiger charge is 2.26. The van der Waals surface area contributed by atoms with E-state index in [1.54, 1.807) is 18.3 Å². The minimum atomic E-state index is -0.416. The predicted octanol–water partition coefficient (Wildman–Crippen LogP) is 1.46. The van der Waals surface area contributed by atoms with E-state index in [0.717, 1.165) is 50.2 Å². The van der Waals surface area contributed by atoms with Crippen LogP contribution < -0.4 is 19.9 Å². The number of hydrogen-bond donors (Lipinski definition) is 1. The topological polar surface area (TPSA) is 104 Å². The lowest BCUT2D eigenvalue weighted by atomic mass is 10.3. The molecule has 0 aromatic carbocycles. The summed E-state index contributed by atoms with van der Waals surface area (Å²) in [6.45, 7) is 4.31. The van der Waals surface area contributed by atoms with Gasteiger partial charge in [-0.15, -0.1) is 0 Å². The molecule has 1 N–H and O–H groups in total. The molecule has 0 unspecified atom stereocenters. The molecule has 10 nitrogen and oxygen atoms in total. The number of likely N-dealkylation sites (N-methyl/N-ethyl adjacent to an activating group) is 1. The van der Waals surface area contributed by atoms with Gasteiger partial charge < -0.3 is 19.4 Å². The standard InChI is InChI=1S/C21H25N7O3S/c1-26(2)10-11-31-18-13-15(12-17-19(29)25-21(30)32-17)23-20(24-18)28-8-6-27(7-9-28)16-4-3-5-22-14-16/h3-5,12-14H,6-11H2,1-2H3,(H,25,29,30)/b17-12-. The predicted molar refractivity (Wildman–Crippen MR) is 124 cm³/mol. The van der Waals surface area contributed by atoms with E-state index in [1.807, 2.05) is 37.3 Å². The van der Waals surface area contributed by atoms with Crippen molar-refractivity contribution in [2.75, 3.05) is 63.2 Å². The second kappa shape index (κ2) is 9.96. The first-order valence-electron chi connectivity index (χ1n) is 10.3. The van der Waals surface area contributed by atoms with Crippen LogP contribution in [0.1, 0.15) is 5.69 Å². The normalized spacial score (nSPS) is 17.9. The van der Waals surface area contributed by atoms with Gasteiger partial charge in [0.1, 0.15) is 6.61 Å². The molecule has 0 saturated carbocycles. The molecular weight excluding hydrogens is 430 g/mol. The number of carbonyl (C=O) groups is 2. The summed E-state index contributed by atoms with van der Waals surface area (Å²) >= 11 is 0.863. The molecule has 4 rings (SSSR count). The second-order valence-electron chi connectivity index (χ2n) is 7.62. The van der Waals surface area contributed by atoms with Gasteiger partial charge in [0.15, 0.2) is 0 Å². The third-order valence-electron chi connectivity index (χ3n) is 4.99. The molecule has 2 saturated heterocycles. The number of rotatable bonds is 7. The van der Waals surface area contributed by atoms with Crippen molar-refractivity contribution < 1.29 is 14.3 Å². The smallest absolute Gasteiger partial charge is 0.290 e. The van der Waals surface area contributed by atoms with E-state index in [9.17, 15) is 9.59 Å². The first-order valence-corrected chi connectivity index (χ1v) is 11.1. The number of nitrogens with zero attached hydrogens (tertiary/aromatic N) is 6. The van der Waals surface area contributed by atoms with Crippen molar-refractivity contribution in [1.82, 2.24) is 25.2 Å². The van der Waals surface area contributed by atoms with Crippen molar-refractivity contribution in [3.8, 4) is 5.88 Å². The molecular formula is C21H25N7O3S. The Hall–Kier alpha value is -3.18. The lowest BCUT2D eigenvalue weighted by Crippen LogP contribution is -2.47. The first kappa shape index (κ1) is 22.0. The van der Waals surface area contributed by atoms with Gasteiger partial charge in [0.05, 0.1) is 22.5 Å².